The van der Waals surface area contributed by atoms with Crippen LogP contribution in [0.4, 0.5) is 8.78 Å². The van der Waals surface area contributed by atoms with Crippen LogP contribution in [-0.2, 0) is 4.79 Å². The van der Waals surface area contributed by atoms with Crippen molar-refractivity contribution in [1.82, 2.24) is 19.8 Å². The summed E-state index contributed by atoms with van der Waals surface area (Å²) in [5.74, 6) is -3.36. The molecule has 25 heavy (non-hydrogen) atoms. The smallest absolute Gasteiger partial charge is 0.272 e. The fourth-order valence-electron chi connectivity index (χ4n) is 4.02. The molecule has 2 amide bonds. The second-order valence-electron chi connectivity index (χ2n) is 7.51. The molecule has 1 aliphatic carbocycles. The molecule has 3 aliphatic rings. The van der Waals surface area contributed by atoms with Crippen LogP contribution >= 0.6 is 0 Å². The number of aromatic nitrogens is 2. The number of carbonyl (C=O) groups is 2. The average Bonchev–Trinajstić information content (AvgIpc) is 3.36. The second-order valence-corrected chi connectivity index (χ2v) is 7.51. The van der Waals surface area contributed by atoms with Gasteiger partial charge in [-0.25, -0.2) is 18.7 Å². The Bertz CT molecular complexity index is 695. The van der Waals surface area contributed by atoms with E-state index < -0.39 is 30.2 Å². The summed E-state index contributed by atoms with van der Waals surface area (Å²) >= 11 is 0. The minimum Gasteiger partial charge on any atom is -0.342 e. The first-order valence-electron chi connectivity index (χ1n) is 8.61. The maximum absolute atomic E-state index is 14.4. The maximum atomic E-state index is 14.4. The third-order valence-electron chi connectivity index (χ3n) is 5.38. The number of amides is 2. The van der Waals surface area contributed by atoms with Gasteiger partial charge in [0.05, 0.1) is 12.0 Å². The number of nitrogens with zero attached hydrogens (tertiary/aromatic N) is 4. The molecule has 1 aromatic rings. The summed E-state index contributed by atoms with van der Waals surface area (Å²) in [4.78, 5) is 35.8. The average molecular weight is 350 g/mol. The van der Waals surface area contributed by atoms with Gasteiger partial charge in [0.1, 0.15) is 12.0 Å². The van der Waals surface area contributed by atoms with E-state index in [9.17, 15) is 18.4 Å². The van der Waals surface area contributed by atoms with Crippen molar-refractivity contribution in [2.24, 2.45) is 11.3 Å². The molecule has 134 valence electrons. The molecule has 3 fully saturated rings. The zero-order valence-electron chi connectivity index (χ0n) is 13.8. The molecule has 2 aliphatic heterocycles. The zero-order valence-corrected chi connectivity index (χ0v) is 13.8. The Hall–Kier alpha value is -2.12. The summed E-state index contributed by atoms with van der Waals surface area (Å²) in [7, 11) is 0. The van der Waals surface area contributed by atoms with Crippen LogP contribution in [0.2, 0.25) is 0 Å². The number of piperidine rings is 1. The Balaban J connectivity index is 1.57. The van der Waals surface area contributed by atoms with Crippen molar-refractivity contribution in [1.29, 1.82) is 0 Å². The van der Waals surface area contributed by atoms with Crippen molar-refractivity contribution in [3.8, 4) is 0 Å². The first kappa shape index (κ1) is 16.4. The van der Waals surface area contributed by atoms with Gasteiger partial charge in [0, 0.05) is 32.3 Å². The van der Waals surface area contributed by atoms with Crippen molar-refractivity contribution in [3.63, 3.8) is 0 Å². The van der Waals surface area contributed by atoms with E-state index >= 15 is 0 Å². The Labute approximate surface area is 144 Å². The SMILES string of the molecule is O=C(c1ccncn1)N1CC(F)(F)C[C@]2(CCN(CC3CC3)C2=O)C1. The lowest BCUT2D eigenvalue weighted by molar-refractivity contribution is -0.151. The number of carbonyl (C=O) groups excluding carboxylic acids is 2. The van der Waals surface area contributed by atoms with Crippen LogP contribution in [0.15, 0.2) is 18.6 Å². The monoisotopic (exact) mass is 350 g/mol. The molecule has 8 heteroatoms. The molecule has 0 bridgehead atoms. The lowest BCUT2D eigenvalue weighted by atomic mass is 9.77. The first-order chi connectivity index (χ1) is 11.9. The van der Waals surface area contributed by atoms with Crippen LogP contribution in [0.1, 0.15) is 36.2 Å². The van der Waals surface area contributed by atoms with Crippen molar-refractivity contribution in [2.45, 2.75) is 31.6 Å². The Morgan fingerprint density at radius 1 is 1.32 bits per heavy atom. The molecule has 1 saturated carbocycles. The van der Waals surface area contributed by atoms with Crippen LogP contribution in [0.25, 0.3) is 0 Å². The number of hydrogen-bond acceptors (Lipinski definition) is 4. The highest BCUT2D eigenvalue weighted by molar-refractivity contribution is 5.93. The molecule has 1 spiro atoms. The number of hydrogen-bond donors (Lipinski definition) is 0. The third kappa shape index (κ3) is 3.09. The molecule has 3 heterocycles. The fourth-order valence-corrected chi connectivity index (χ4v) is 4.02. The van der Waals surface area contributed by atoms with E-state index in [-0.39, 0.29) is 18.1 Å². The zero-order chi connectivity index (χ0) is 17.7. The summed E-state index contributed by atoms with van der Waals surface area (Å²) in [6.45, 7) is 0.520. The number of rotatable bonds is 3. The van der Waals surface area contributed by atoms with Crippen LogP contribution in [0.3, 0.4) is 0 Å². The molecule has 0 radical (unpaired) electrons. The van der Waals surface area contributed by atoms with Gasteiger partial charge in [-0.15, -0.1) is 0 Å². The van der Waals surface area contributed by atoms with Gasteiger partial charge in [-0.05, 0) is 31.2 Å². The lowest BCUT2D eigenvalue weighted by Gasteiger charge is -2.42. The van der Waals surface area contributed by atoms with Gasteiger partial charge in [-0.1, -0.05) is 0 Å². The molecular weight excluding hydrogens is 330 g/mol. The standard InChI is InChI=1S/C17H20F2N4O2/c18-17(19)8-16(4-6-22(15(16)25)7-12-1-2-12)9-23(10-17)14(24)13-3-5-20-11-21-13/h3,5,11-12H,1-2,4,6-10H2/t16-/m1/s1. The van der Waals surface area contributed by atoms with Crippen molar-refractivity contribution in [3.05, 3.63) is 24.3 Å². The van der Waals surface area contributed by atoms with E-state index in [2.05, 4.69) is 9.97 Å². The van der Waals surface area contributed by atoms with Gasteiger partial charge in [-0.2, -0.15) is 0 Å². The van der Waals surface area contributed by atoms with Gasteiger partial charge in [-0.3, -0.25) is 9.59 Å². The highest BCUT2D eigenvalue weighted by Gasteiger charge is 2.58. The van der Waals surface area contributed by atoms with Crippen molar-refractivity contribution < 1.29 is 18.4 Å². The molecule has 1 aromatic heterocycles. The second kappa shape index (κ2) is 5.71. The molecule has 1 atom stereocenters. The quantitative estimate of drug-likeness (QED) is 0.830. The van der Waals surface area contributed by atoms with Crippen LogP contribution in [-0.4, -0.2) is 63.7 Å². The van der Waals surface area contributed by atoms with E-state index in [1.54, 1.807) is 4.90 Å². The van der Waals surface area contributed by atoms with E-state index in [1.165, 1.54) is 18.6 Å². The van der Waals surface area contributed by atoms with Crippen LogP contribution in [0.5, 0.6) is 0 Å². The van der Waals surface area contributed by atoms with E-state index in [0.29, 0.717) is 25.4 Å². The van der Waals surface area contributed by atoms with Crippen molar-refractivity contribution >= 4 is 11.8 Å². The Kier molecular flexibility index (Phi) is 3.73. The highest BCUT2D eigenvalue weighted by atomic mass is 19.3. The molecule has 2 saturated heterocycles. The maximum Gasteiger partial charge on any atom is 0.272 e. The molecule has 6 nitrogen and oxygen atoms in total. The topological polar surface area (TPSA) is 66.4 Å². The summed E-state index contributed by atoms with van der Waals surface area (Å²) in [5.41, 5.74) is -1.09. The summed E-state index contributed by atoms with van der Waals surface area (Å²) < 4.78 is 28.8. The normalized spacial score (nSPS) is 28.6. The Morgan fingerprint density at radius 2 is 2.12 bits per heavy atom. The van der Waals surface area contributed by atoms with Crippen molar-refractivity contribution in [2.75, 3.05) is 26.2 Å². The minimum absolute atomic E-state index is 0.0332. The largest absolute Gasteiger partial charge is 0.342 e. The van der Waals surface area contributed by atoms with Crippen LogP contribution in [0, 0.1) is 11.3 Å². The minimum atomic E-state index is -3.08. The number of halogens is 2. The van der Waals surface area contributed by atoms with Gasteiger partial charge < -0.3 is 9.80 Å². The number of alkyl halides is 2. The summed E-state index contributed by atoms with van der Waals surface area (Å²) in [6, 6.07) is 1.40. The molecule has 0 unspecified atom stereocenters. The van der Waals surface area contributed by atoms with Crippen LogP contribution < -0.4 is 0 Å². The van der Waals surface area contributed by atoms with Gasteiger partial charge >= 0.3 is 0 Å². The van der Waals surface area contributed by atoms with E-state index in [4.69, 9.17) is 0 Å². The highest BCUT2D eigenvalue weighted by Crippen LogP contribution is 2.46. The Morgan fingerprint density at radius 3 is 2.80 bits per heavy atom. The van der Waals surface area contributed by atoms with E-state index in [1.807, 2.05) is 0 Å². The predicted octanol–water partition coefficient (Wildman–Crippen LogP) is 1.59. The van der Waals surface area contributed by atoms with E-state index in [0.717, 1.165) is 17.7 Å². The predicted molar refractivity (Wildman–Crippen MR) is 83.9 cm³/mol. The lowest BCUT2D eigenvalue weighted by Crippen LogP contribution is -2.57. The molecule has 0 aromatic carbocycles. The number of likely N-dealkylation sites (tertiary alicyclic amines) is 2. The molecule has 0 N–H and O–H groups in total. The summed E-state index contributed by atoms with van der Waals surface area (Å²) in [5, 5.41) is 0. The fraction of sp³-hybridized carbons (Fsp3) is 0.647. The molecular formula is C17H20F2N4O2. The molecule has 4 rings (SSSR count). The summed E-state index contributed by atoms with van der Waals surface area (Å²) in [6.07, 6.45) is 4.71. The van der Waals surface area contributed by atoms with Gasteiger partial charge in [0.15, 0.2) is 0 Å². The van der Waals surface area contributed by atoms with Gasteiger partial charge in [0.25, 0.3) is 11.8 Å². The third-order valence-corrected chi connectivity index (χ3v) is 5.38. The van der Waals surface area contributed by atoms with Gasteiger partial charge in [0.2, 0.25) is 5.91 Å². The first-order valence-corrected chi connectivity index (χ1v) is 8.61.